The molecule has 0 saturated carbocycles. The topological polar surface area (TPSA) is 59.4 Å². The highest BCUT2D eigenvalue weighted by Gasteiger charge is 2.31. The van der Waals surface area contributed by atoms with Gasteiger partial charge in [-0.1, -0.05) is 0 Å². The van der Waals surface area contributed by atoms with Crippen molar-refractivity contribution in [1.82, 2.24) is 20.0 Å². The van der Waals surface area contributed by atoms with Gasteiger partial charge in [-0.2, -0.15) is 5.10 Å². The van der Waals surface area contributed by atoms with Gasteiger partial charge < -0.3 is 10.1 Å². The minimum atomic E-state index is -0.344. The van der Waals surface area contributed by atoms with Gasteiger partial charge in [0, 0.05) is 38.4 Å². The molecule has 1 unspecified atom stereocenters. The van der Waals surface area contributed by atoms with Gasteiger partial charge in [-0.15, -0.1) is 0 Å². The molecule has 1 aliphatic rings. The van der Waals surface area contributed by atoms with E-state index in [1.165, 1.54) is 0 Å². The molecular weight excluding hydrogens is 256 g/mol. The fraction of sp³-hybridized carbons (Fsp3) is 0.714. The lowest BCUT2D eigenvalue weighted by molar-refractivity contribution is -0.149. The van der Waals surface area contributed by atoms with E-state index in [1.807, 2.05) is 27.1 Å². The molecule has 1 atom stereocenters. The Morgan fingerprint density at radius 3 is 2.95 bits per heavy atom. The summed E-state index contributed by atoms with van der Waals surface area (Å²) in [6.45, 7) is 7.82. The first-order chi connectivity index (χ1) is 9.63. The van der Waals surface area contributed by atoms with E-state index in [1.54, 1.807) is 4.68 Å². The summed E-state index contributed by atoms with van der Waals surface area (Å²) in [4.78, 5) is 14.6. The summed E-state index contributed by atoms with van der Waals surface area (Å²) < 4.78 is 7.04. The van der Waals surface area contributed by atoms with Crippen LogP contribution >= 0.6 is 0 Å². The molecule has 0 spiro atoms. The zero-order valence-electron chi connectivity index (χ0n) is 12.6. The average Bonchev–Trinajstić information content (AvgIpc) is 2.62. The number of hydrogen-bond acceptors (Lipinski definition) is 5. The molecule has 1 saturated heterocycles. The maximum Gasteiger partial charge on any atom is 0.328 e. The van der Waals surface area contributed by atoms with Crippen LogP contribution in [0.15, 0.2) is 6.20 Å². The van der Waals surface area contributed by atoms with Crippen molar-refractivity contribution in [3.05, 3.63) is 17.5 Å². The Morgan fingerprint density at radius 1 is 1.50 bits per heavy atom. The van der Waals surface area contributed by atoms with Crippen LogP contribution in [0, 0.1) is 6.92 Å². The van der Waals surface area contributed by atoms with Crippen LogP contribution in [0.1, 0.15) is 30.6 Å². The highest BCUT2D eigenvalue weighted by atomic mass is 16.5. The third-order valence-electron chi connectivity index (χ3n) is 3.60. The highest BCUT2D eigenvalue weighted by molar-refractivity contribution is 5.78. The normalized spacial score (nSPS) is 18.6. The largest absolute Gasteiger partial charge is 0.465 e. The monoisotopic (exact) mass is 280 g/mol. The van der Waals surface area contributed by atoms with Gasteiger partial charge >= 0.3 is 5.97 Å². The second-order valence-corrected chi connectivity index (χ2v) is 5.14. The Labute approximate surface area is 120 Å². The molecule has 112 valence electrons. The number of carbonyl (C=O) groups excluding carboxylic acids is 1. The Morgan fingerprint density at radius 2 is 2.30 bits per heavy atom. The number of rotatable bonds is 4. The lowest BCUT2D eigenvalue weighted by Gasteiger charge is -2.28. The fourth-order valence-electron chi connectivity index (χ4n) is 2.71. The quantitative estimate of drug-likeness (QED) is 0.820. The number of carbonyl (C=O) groups is 1. The number of aryl methyl sites for hydroxylation is 2. The van der Waals surface area contributed by atoms with Gasteiger partial charge in [0.2, 0.25) is 0 Å². The van der Waals surface area contributed by atoms with Crippen molar-refractivity contribution < 1.29 is 9.53 Å². The van der Waals surface area contributed by atoms with Gasteiger partial charge in [0.15, 0.2) is 0 Å². The molecule has 6 heteroatoms. The molecular formula is C14H24N4O2. The zero-order valence-corrected chi connectivity index (χ0v) is 12.6. The number of esters is 1. The minimum absolute atomic E-state index is 0.175. The van der Waals surface area contributed by atoms with Crippen molar-refractivity contribution in [2.75, 3.05) is 32.8 Å². The van der Waals surface area contributed by atoms with Gasteiger partial charge in [0.05, 0.1) is 12.3 Å². The molecule has 0 amide bonds. The van der Waals surface area contributed by atoms with Crippen molar-refractivity contribution in [3.63, 3.8) is 0 Å². The first kappa shape index (κ1) is 15.0. The van der Waals surface area contributed by atoms with E-state index >= 15 is 0 Å². The summed E-state index contributed by atoms with van der Waals surface area (Å²) in [5, 5.41) is 7.72. The third kappa shape index (κ3) is 3.37. The van der Waals surface area contributed by atoms with E-state index in [-0.39, 0.29) is 12.0 Å². The van der Waals surface area contributed by atoms with Crippen molar-refractivity contribution in [1.29, 1.82) is 0 Å². The van der Waals surface area contributed by atoms with Crippen molar-refractivity contribution >= 4 is 5.97 Å². The predicted octanol–water partition coefficient (Wildman–Crippen LogP) is 0.628. The molecule has 20 heavy (non-hydrogen) atoms. The predicted molar refractivity (Wildman–Crippen MR) is 76.4 cm³/mol. The van der Waals surface area contributed by atoms with Crippen LogP contribution in [0.25, 0.3) is 0 Å². The highest BCUT2D eigenvalue weighted by Crippen LogP contribution is 2.25. The Balaban J connectivity index is 2.28. The fourth-order valence-corrected chi connectivity index (χ4v) is 2.71. The van der Waals surface area contributed by atoms with Gasteiger partial charge in [0.1, 0.15) is 6.04 Å². The smallest absolute Gasteiger partial charge is 0.328 e. The van der Waals surface area contributed by atoms with E-state index in [0.29, 0.717) is 6.61 Å². The number of nitrogens with zero attached hydrogens (tertiary/aromatic N) is 3. The number of aromatic nitrogens is 2. The Hall–Kier alpha value is -1.40. The summed E-state index contributed by atoms with van der Waals surface area (Å²) in [6.07, 6.45) is 2.96. The van der Waals surface area contributed by atoms with Gasteiger partial charge in [0.25, 0.3) is 0 Å². The van der Waals surface area contributed by atoms with Crippen molar-refractivity contribution in [3.8, 4) is 0 Å². The molecule has 0 aliphatic carbocycles. The van der Waals surface area contributed by atoms with Crippen LogP contribution < -0.4 is 5.32 Å². The second kappa shape index (κ2) is 6.85. The maximum atomic E-state index is 12.4. The summed E-state index contributed by atoms with van der Waals surface area (Å²) in [5.41, 5.74) is 1.84. The third-order valence-corrected chi connectivity index (χ3v) is 3.60. The summed E-state index contributed by atoms with van der Waals surface area (Å²) in [5.74, 6) is -0.175. The summed E-state index contributed by atoms with van der Waals surface area (Å²) in [6, 6.07) is -0.344. The van der Waals surface area contributed by atoms with Gasteiger partial charge in [-0.05, 0) is 26.8 Å². The molecule has 2 heterocycles. The lowest BCUT2D eigenvalue weighted by atomic mass is 10.1. The van der Waals surface area contributed by atoms with E-state index in [0.717, 1.165) is 43.9 Å². The minimum Gasteiger partial charge on any atom is -0.465 e. The Kier molecular flexibility index (Phi) is 5.14. The first-order valence-corrected chi connectivity index (χ1v) is 7.25. The summed E-state index contributed by atoms with van der Waals surface area (Å²) in [7, 11) is 1.88. The number of nitrogens with one attached hydrogen (secondary N) is 1. The van der Waals surface area contributed by atoms with E-state index in [2.05, 4.69) is 15.3 Å². The molecule has 6 nitrogen and oxygen atoms in total. The molecule has 0 radical (unpaired) electrons. The molecule has 0 aromatic carbocycles. The SMILES string of the molecule is CCOC(=O)C(c1cn(C)nc1C)N1CCCNCC1. The molecule has 0 bridgehead atoms. The van der Waals surface area contributed by atoms with Crippen molar-refractivity contribution in [2.24, 2.45) is 7.05 Å². The van der Waals surface area contributed by atoms with Crippen molar-refractivity contribution in [2.45, 2.75) is 26.3 Å². The first-order valence-electron chi connectivity index (χ1n) is 7.25. The van der Waals surface area contributed by atoms with Crippen LogP contribution in [0.3, 0.4) is 0 Å². The molecule has 1 fully saturated rings. The van der Waals surface area contributed by atoms with Crippen LogP contribution in [0.5, 0.6) is 0 Å². The lowest BCUT2D eigenvalue weighted by Crippen LogP contribution is -2.37. The van der Waals surface area contributed by atoms with E-state index in [4.69, 9.17) is 4.74 Å². The molecule has 1 N–H and O–H groups in total. The second-order valence-electron chi connectivity index (χ2n) is 5.14. The molecule has 2 rings (SSSR count). The molecule has 1 aromatic heterocycles. The Bertz CT molecular complexity index is 450. The van der Waals surface area contributed by atoms with Gasteiger partial charge in [-0.3, -0.25) is 9.58 Å². The number of hydrogen-bond donors (Lipinski definition) is 1. The molecule has 1 aromatic rings. The zero-order chi connectivity index (χ0) is 14.5. The number of ether oxygens (including phenoxy) is 1. The van der Waals surface area contributed by atoms with Crippen LogP contribution in [0.2, 0.25) is 0 Å². The summed E-state index contributed by atoms with van der Waals surface area (Å²) >= 11 is 0. The average molecular weight is 280 g/mol. The van der Waals surface area contributed by atoms with E-state index < -0.39 is 0 Å². The molecule has 1 aliphatic heterocycles. The van der Waals surface area contributed by atoms with Crippen LogP contribution in [0.4, 0.5) is 0 Å². The van der Waals surface area contributed by atoms with Crippen LogP contribution in [-0.2, 0) is 16.6 Å². The maximum absolute atomic E-state index is 12.4. The van der Waals surface area contributed by atoms with E-state index in [9.17, 15) is 4.79 Å². The standard InChI is InChI=1S/C14H24N4O2/c1-4-20-14(19)13(12-10-17(3)16-11(12)2)18-8-5-6-15-7-9-18/h10,13,15H,4-9H2,1-3H3. The van der Waals surface area contributed by atoms with Crippen LogP contribution in [-0.4, -0.2) is 53.4 Å². The van der Waals surface area contributed by atoms with Gasteiger partial charge in [-0.25, -0.2) is 4.79 Å².